The van der Waals surface area contributed by atoms with E-state index in [0.29, 0.717) is 0 Å². The highest BCUT2D eigenvalue weighted by molar-refractivity contribution is 4.86. The summed E-state index contributed by atoms with van der Waals surface area (Å²) in [6, 6.07) is 0. The topological polar surface area (TPSA) is 26.0 Å². The molecule has 2 unspecified atom stereocenters. The zero-order valence-electron chi connectivity index (χ0n) is 10.3. The van der Waals surface area contributed by atoms with Gasteiger partial charge < -0.3 is 5.73 Å². The Labute approximate surface area is 95.1 Å². The van der Waals surface area contributed by atoms with Crippen molar-refractivity contribution in [2.45, 2.75) is 58.3 Å². The summed E-state index contributed by atoms with van der Waals surface area (Å²) in [7, 11) is 0. The third-order valence-electron chi connectivity index (χ3n) is 3.67. The SMILES string of the molecule is C/C=C\C1CCCCCC(CCN)CC1. The molecule has 0 spiro atoms. The molecule has 0 aromatic rings. The summed E-state index contributed by atoms with van der Waals surface area (Å²) in [6.45, 7) is 3.02. The monoisotopic (exact) mass is 209 g/mol. The molecule has 0 bridgehead atoms. The van der Waals surface area contributed by atoms with E-state index < -0.39 is 0 Å². The van der Waals surface area contributed by atoms with Crippen molar-refractivity contribution in [3.8, 4) is 0 Å². The molecule has 0 aromatic heterocycles. The van der Waals surface area contributed by atoms with Crippen LogP contribution in [0.4, 0.5) is 0 Å². The molecule has 1 nitrogen and oxygen atoms in total. The van der Waals surface area contributed by atoms with Gasteiger partial charge in [-0.3, -0.25) is 0 Å². The van der Waals surface area contributed by atoms with E-state index in [1.165, 1.54) is 51.4 Å². The van der Waals surface area contributed by atoms with Crippen molar-refractivity contribution < 1.29 is 0 Å². The smallest absolute Gasteiger partial charge is 0.00746 e. The zero-order chi connectivity index (χ0) is 10.9. The predicted molar refractivity (Wildman–Crippen MR) is 67.8 cm³/mol. The van der Waals surface area contributed by atoms with Crippen molar-refractivity contribution in [2.75, 3.05) is 6.54 Å². The van der Waals surface area contributed by atoms with Gasteiger partial charge in [-0.1, -0.05) is 37.8 Å². The van der Waals surface area contributed by atoms with Crippen molar-refractivity contribution in [3.63, 3.8) is 0 Å². The number of allylic oxidation sites excluding steroid dienone is 2. The molecular formula is C14H27N. The second-order valence-corrected chi connectivity index (χ2v) is 4.94. The third-order valence-corrected chi connectivity index (χ3v) is 3.67. The molecular weight excluding hydrogens is 182 g/mol. The summed E-state index contributed by atoms with van der Waals surface area (Å²) in [5.41, 5.74) is 5.67. The summed E-state index contributed by atoms with van der Waals surface area (Å²) in [5, 5.41) is 0. The minimum Gasteiger partial charge on any atom is -0.330 e. The van der Waals surface area contributed by atoms with E-state index in [4.69, 9.17) is 5.73 Å². The van der Waals surface area contributed by atoms with Crippen LogP contribution in [-0.4, -0.2) is 6.54 Å². The fourth-order valence-corrected chi connectivity index (χ4v) is 2.74. The molecule has 1 heteroatoms. The van der Waals surface area contributed by atoms with Crippen molar-refractivity contribution in [3.05, 3.63) is 12.2 Å². The van der Waals surface area contributed by atoms with Gasteiger partial charge in [-0.2, -0.15) is 0 Å². The van der Waals surface area contributed by atoms with Crippen LogP contribution in [0.3, 0.4) is 0 Å². The predicted octanol–water partition coefficient (Wildman–Crippen LogP) is 3.89. The summed E-state index contributed by atoms with van der Waals surface area (Å²) < 4.78 is 0. The van der Waals surface area contributed by atoms with Crippen LogP contribution in [0.25, 0.3) is 0 Å². The molecule has 0 aliphatic heterocycles. The Morgan fingerprint density at radius 2 is 1.87 bits per heavy atom. The van der Waals surface area contributed by atoms with Gasteiger partial charge >= 0.3 is 0 Å². The first-order valence-corrected chi connectivity index (χ1v) is 6.69. The second kappa shape index (κ2) is 7.92. The first kappa shape index (κ1) is 12.8. The van der Waals surface area contributed by atoms with Crippen molar-refractivity contribution in [2.24, 2.45) is 17.6 Å². The van der Waals surface area contributed by atoms with E-state index in [-0.39, 0.29) is 0 Å². The lowest BCUT2D eigenvalue weighted by atomic mass is 9.90. The van der Waals surface area contributed by atoms with E-state index in [0.717, 1.165) is 18.4 Å². The van der Waals surface area contributed by atoms with Crippen LogP contribution in [0.1, 0.15) is 58.3 Å². The van der Waals surface area contributed by atoms with E-state index in [1.807, 2.05) is 0 Å². The maximum atomic E-state index is 5.67. The number of hydrogen-bond donors (Lipinski definition) is 1. The first-order chi connectivity index (χ1) is 7.36. The van der Waals surface area contributed by atoms with Crippen LogP contribution >= 0.6 is 0 Å². The van der Waals surface area contributed by atoms with Gasteiger partial charge in [-0.05, 0) is 51.0 Å². The molecule has 0 saturated heterocycles. The molecule has 1 aliphatic carbocycles. The second-order valence-electron chi connectivity index (χ2n) is 4.94. The van der Waals surface area contributed by atoms with Crippen molar-refractivity contribution >= 4 is 0 Å². The molecule has 1 saturated carbocycles. The average Bonchev–Trinajstić information content (AvgIpc) is 2.33. The van der Waals surface area contributed by atoms with E-state index in [2.05, 4.69) is 19.1 Å². The molecule has 0 aromatic carbocycles. The quantitative estimate of drug-likeness (QED) is 0.701. The molecule has 2 N–H and O–H groups in total. The number of hydrogen-bond acceptors (Lipinski definition) is 1. The molecule has 1 rings (SSSR count). The van der Waals surface area contributed by atoms with Gasteiger partial charge in [0.15, 0.2) is 0 Å². The highest BCUT2D eigenvalue weighted by atomic mass is 14.5. The van der Waals surface area contributed by atoms with Crippen LogP contribution in [0.15, 0.2) is 12.2 Å². The van der Waals surface area contributed by atoms with Gasteiger partial charge in [0.25, 0.3) is 0 Å². The van der Waals surface area contributed by atoms with Crippen LogP contribution in [0.2, 0.25) is 0 Å². The van der Waals surface area contributed by atoms with Crippen molar-refractivity contribution in [1.82, 2.24) is 0 Å². The summed E-state index contributed by atoms with van der Waals surface area (Å²) in [4.78, 5) is 0. The lowest BCUT2D eigenvalue weighted by Crippen LogP contribution is -2.09. The molecule has 1 fully saturated rings. The number of nitrogens with two attached hydrogens (primary N) is 1. The minimum atomic E-state index is 0.841. The normalized spacial score (nSPS) is 29.7. The molecule has 15 heavy (non-hydrogen) atoms. The lowest BCUT2D eigenvalue weighted by Gasteiger charge is -2.16. The Balaban J connectivity index is 2.39. The Morgan fingerprint density at radius 1 is 1.07 bits per heavy atom. The zero-order valence-corrected chi connectivity index (χ0v) is 10.3. The Kier molecular flexibility index (Phi) is 6.74. The molecule has 1 aliphatic rings. The Bertz CT molecular complexity index is 174. The average molecular weight is 209 g/mol. The minimum absolute atomic E-state index is 0.841. The van der Waals surface area contributed by atoms with Crippen LogP contribution in [0.5, 0.6) is 0 Å². The molecule has 88 valence electrons. The van der Waals surface area contributed by atoms with Crippen LogP contribution < -0.4 is 5.73 Å². The van der Waals surface area contributed by atoms with Gasteiger partial charge in [0, 0.05) is 0 Å². The maximum absolute atomic E-state index is 5.67. The molecule has 0 radical (unpaired) electrons. The highest BCUT2D eigenvalue weighted by Crippen LogP contribution is 2.27. The fraction of sp³-hybridized carbons (Fsp3) is 0.857. The maximum Gasteiger partial charge on any atom is -0.00746 e. The highest BCUT2D eigenvalue weighted by Gasteiger charge is 2.13. The van der Waals surface area contributed by atoms with Gasteiger partial charge in [0.1, 0.15) is 0 Å². The lowest BCUT2D eigenvalue weighted by molar-refractivity contribution is 0.389. The van der Waals surface area contributed by atoms with Crippen LogP contribution in [-0.2, 0) is 0 Å². The van der Waals surface area contributed by atoms with Gasteiger partial charge in [0.05, 0.1) is 0 Å². The van der Waals surface area contributed by atoms with E-state index in [9.17, 15) is 0 Å². The van der Waals surface area contributed by atoms with E-state index >= 15 is 0 Å². The Hall–Kier alpha value is -0.300. The molecule has 0 heterocycles. The first-order valence-electron chi connectivity index (χ1n) is 6.69. The fourth-order valence-electron chi connectivity index (χ4n) is 2.74. The van der Waals surface area contributed by atoms with Crippen LogP contribution in [0, 0.1) is 11.8 Å². The summed E-state index contributed by atoms with van der Waals surface area (Å²) >= 11 is 0. The van der Waals surface area contributed by atoms with Gasteiger partial charge in [0.2, 0.25) is 0 Å². The van der Waals surface area contributed by atoms with E-state index in [1.54, 1.807) is 0 Å². The molecule has 2 atom stereocenters. The summed E-state index contributed by atoms with van der Waals surface area (Å²) in [6.07, 6.45) is 15.7. The third kappa shape index (κ3) is 5.36. The standard InChI is InChI=1S/C14H27N/c1-2-6-13-7-4-3-5-8-14(10-9-13)11-12-15/h2,6,13-14H,3-5,7-12,15H2,1H3/b6-2-. The van der Waals surface area contributed by atoms with Gasteiger partial charge in [-0.15, -0.1) is 0 Å². The molecule has 0 amide bonds. The largest absolute Gasteiger partial charge is 0.330 e. The van der Waals surface area contributed by atoms with Gasteiger partial charge in [-0.25, -0.2) is 0 Å². The van der Waals surface area contributed by atoms with Crippen molar-refractivity contribution in [1.29, 1.82) is 0 Å². The Morgan fingerprint density at radius 3 is 2.60 bits per heavy atom. The summed E-state index contributed by atoms with van der Waals surface area (Å²) in [5.74, 6) is 1.74. The number of rotatable bonds is 3.